The largest absolute Gasteiger partial charge is 0.300 e. The molecule has 0 aromatic carbocycles. The molecular weight excluding hydrogens is 328 g/mol. The molecule has 0 unspecified atom stereocenters. The summed E-state index contributed by atoms with van der Waals surface area (Å²) in [5, 5.41) is 7.32. The van der Waals surface area contributed by atoms with Gasteiger partial charge in [-0.1, -0.05) is 110 Å². The summed E-state index contributed by atoms with van der Waals surface area (Å²) in [4.78, 5) is 2.61. The summed E-state index contributed by atoms with van der Waals surface area (Å²) in [6.07, 6.45) is 24.7. The second kappa shape index (κ2) is 27.4. The van der Waals surface area contributed by atoms with Gasteiger partial charge in [0.15, 0.2) is 0 Å². The molecule has 0 saturated heterocycles. The number of nitrogens with zero attached hydrogens (tertiary/aromatic N) is 2. The van der Waals surface area contributed by atoms with Gasteiger partial charge in [0.1, 0.15) is 0 Å². The van der Waals surface area contributed by atoms with Crippen LogP contribution in [0.3, 0.4) is 0 Å². The lowest BCUT2D eigenvalue weighted by molar-refractivity contribution is 0.286. The lowest BCUT2D eigenvalue weighted by atomic mass is 10.1. The van der Waals surface area contributed by atoms with Crippen LogP contribution in [0.1, 0.15) is 124 Å². The molecule has 0 radical (unpaired) electrons. The number of nitriles is 1. The molecule has 0 aromatic heterocycles. The third kappa shape index (κ3) is 27.5. The minimum absolute atomic E-state index is 1.08. The van der Waals surface area contributed by atoms with E-state index >= 15 is 0 Å². The monoisotopic (exact) mass is 378 g/mol. The average Bonchev–Trinajstić information content (AvgIpc) is 2.66. The van der Waals surface area contributed by atoms with Crippen LogP contribution in [0.2, 0.25) is 0 Å². The van der Waals surface area contributed by atoms with Gasteiger partial charge in [-0.05, 0) is 25.9 Å². The lowest BCUT2D eigenvalue weighted by Gasteiger charge is -2.20. The maximum absolute atomic E-state index is 7.32. The van der Waals surface area contributed by atoms with Gasteiger partial charge in [-0.2, -0.15) is 5.26 Å². The number of unbranched alkanes of at least 4 members (excludes halogenated alkanes) is 14. The molecule has 2 heteroatoms. The van der Waals surface area contributed by atoms with Crippen molar-refractivity contribution in [3.8, 4) is 6.07 Å². The van der Waals surface area contributed by atoms with Crippen molar-refractivity contribution in [2.75, 3.05) is 19.6 Å². The van der Waals surface area contributed by atoms with Crippen molar-refractivity contribution < 1.29 is 0 Å². The Morgan fingerprint density at radius 3 is 1.26 bits per heavy atom. The van der Waals surface area contributed by atoms with Gasteiger partial charge in [-0.3, -0.25) is 4.90 Å². The van der Waals surface area contributed by atoms with Gasteiger partial charge in [0.2, 0.25) is 0 Å². The molecular formula is C25H50N2. The minimum atomic E-state index is 1.08. The Kier molecular flexibility index (Phi) is 28.8. The standard InChI is InChI=1S/C23H47N.C2H3N/c1-4-7-9-11-13-15-17-19-22-24(21-6-3)23-20-18-16-14-12-10-8-5-2;1-2-3/h6H,3-5,7-23H2,1-2H3;1H3. The van der Waals surface area contributed by atoms with Crippen molar-refractivity contribution >= 4 is 0 Å². The molecule has 0 amide bonds. The summed E-state index contributed by atoms with van der Waals surface area (Å²) in [5.74, 6) is 0. The highest BCUT2D eigenvalue weighted by Gasteiger charge is 2.02. The average molecular weight is 379 g/mol. The van der Waals surface area contributed by atoms with Crippen LogP contribution in [-0.2, 0) is 0 Å². The number of rotatable bonds is 20. The molecule has 0 spiro atoms. The van der Waals surface area contributed by atoms with E-state index < -0.39 is 0 Å². The fraction of sp³-hybridized carbons (Fsp3) is 0.880. The van der Waals surface area contributed by atoms with Gasteiger partial charge >= 0.3 is 0 Å². The summed E-state index contributed by atoms with van der Waals surface area (Å²) in [6, 6.07) is 1.75. The maximum atomic E-state index is 7.32. The molecule has 2 nitrogen and oxygen atoms in total. The first kappa shape index (κ1) is 28.4. The zero-order chi connectivity index (χ0) is 20.4. The Morgan fingerprint density at radius 2 is 0.963 bits per heavy atom. The van der Waals surface area contributed by atoms with Crippen LogP contribution < -0.4 is 0 Å². The SMILES string of the molecule is C=CCN(CCCCCCCCCC)CCCCCCCCCC.CC#N. The molecule has 0 heterocycles. The van der Waals surface area contributed by atoms with Crippen molar-refractivity contribution in [3.05, 3.63) is 12.7 Å². The summed E-state index contributed by atoms with van der Waals surface area (Å²) in [5.41, 5.74) is 0. The van der Waals surface area contributed by atoms with E-state index in [1.54, 1.807) is 6.07 Å². The highest BCUT2D eigenvalue weighted by molar-refractivity contribution is 4.73. The number of hydrogen-bond donors (Lipinski definition) is 0. The first-order chi connectivity index (χ1) is 13.3. The third-order valence-electron chi connectivity index (χ3n) is 5.04. The highest BCUT2D eigenvalue weighted by atomic mass is 15.1. The molecule has 0 N–H and O–H groups in total. The number of hydrogen-bond acceptors (Lipinski definition) is 2. The van der Waals surface area contributed by atoms with E-state index in [2.05, 4.69) is 31.4 Å². The fourth-order valence-corrected chi connectivity index (χ4v) is 3.42. The van der Waals surface area contributed by atoms with Crippen molar-refractivity contribution in [1.82, 2.24) is 4.90 Å². The summed E-state index contributed by atoms with van der Waals surface area (Å²) in [6.45, 7) is 13.6. The second-order valence-corrected chi connectivity index (χ2v) is 7.76. The van der Waals surface area contributed by atoms with Crippen molar-refractivity contribution in [2.24, 2.45) is 0 Å². The molecule has 27 heavy (non-hydrogen) atoms. The summed E-state index contributed by atoms with van der Waals surface area (Å²) in [7, 11) is 0. The quantitative estimate of drug-likeness (QED) is 0.157. The van der Waals surface area contributed by atoms with E-state index in [1.807, 2.05) is 0 Å². The van der Waals surface area contributed by atoms with Crippen LogP contribution in [0, 0.1) is 11.3 Å². The summed E-state index contributed by atoms with van der Waals surface area (Å²) >= 11 is 0. The van der Waals surface area contributed by atoms with Crippen LogP contribution in [0.5, 0.6) is 0 Å². The minimum Gasteiger partial charge on any atom is -0.300 e. The molecule has 0 bridgehead atoms. The van der Waals surface area contributed by atoms with Gasteiger partial charge in [-0.25, -0.2) is 0 Å². The predicted molar refractivity (Wildman–Crippen MR) is 123 cm³/mol. The smallest absolute Gasteiger partial charge is 0.0587 e. The van der Waals surface area contributed by atoms with E-state index in [4.69, 9.17) is 5.26 Å². The van der Waals surface area contributed by atoms with Gasteiger partial charge in [0, 0.05) is 13.5 Å². The van der Waals surface area contributed by atoms with Gasteiger partial charge in [0.05, 0.1) is 6.07 Å². The Morgan fingerprint density at radius 1 is 0.667 bits per heavy atom. The Balaban J connectivity index is 0. The van der Waals surface area contributed by atoms with Gasteiger partial charge < -0.3 is 0 Å². The van der Waals surface area contributed by atoms with Crippen molar-refractivity contribution in [2.45, 2.75) is 124 Å². The van der Waals surface area contributed by atoms with Gasteiger partial charge in [0.25, 0.3) is 0 Å². The second-order valence-electron chi connectivity index (χ2n) is 7.76. The van der Waals surface area contributed by atoms with E-state index in [9.17, 15) is 0 Å². The molecule has 0 saturated carbocycles. The third-order valence-corrected chi connectivity index (χ3v) is 5.04. The van der Waals surface area contributed by atoms with Crippen molar-refractivity contribution in [1.29, 1.82) is 5.26 Å². The van der Waals surface area contributed by atoms with E-state index in [1.165, 1.54) is 123 Å². The zero-order valence-corrected chi connectivity index (χ0v) is 19.1. The lowest BCUT2D eigenvalue weighted by Crippen LogP contribution is -2.26. The fourth-order valence-electron chi connectivity index (χ4n) is 3.42. The van der Waals surface area contributed by atoms with Crippen LogP contribution in [0.4, 0.5) is 0 Å². The van der Waals surface area contributed by atoms with Crippen molar-refractivity contribution in [3.63, 3.8) is 0 Å². The Bertz CT molecular complexity index is 286. The van der Waals surface area contributed by atoms with Gasteiger partial charge in [-0.15, -0.1) is 6.58 Å². The van der Waals surface area contributed by atoms with Crippen LogP contribution in [0.15, 0.2) is 12.7 Å². The molecule has 0 aliphatic rings. The van der Waals surface area contributed by atoms with Crippen LogP contribution >= 0.6 is 0 Å². The topological polar surface area (TPSA) is 27.0 Å². The first-order valence-corrected chi connectivity index (χ1v) is 11.9. The van der Waals surface area contributed by atoms with E-state index in [0.29, 0.717) is 0 Å². The summed E-state index contributed by atoms with van der Waals surface area (Å²) < 4.78 is 0. The molecule has 160 valence electrons. The zero-order valence-electron chi connectivity index (χ0n) is 19.1. The highest BCUT2D eigenvalue weighted by Crippen LogP contribution is 2.11. The van der Waals surface area contributed by atoms with Crippen LogP contribution in [-0.4, -0.2) is 24.5 Å². The Labute approximate surface area is 172 Å². The predicted octanol–water partition coefficient (Wildman–Crippen LogP) is 8.29. The first-order valence-electron chi connectivity index (χ1n) is 11.9. The molecule has 0 aromatic rings. The molecule has 0 aliphatic heterocycles. The van der Waals surface area contributed by atoms with E-state index in [-0.39, 0.29) is 0 Å². The molecule has 0 aliphatic carbocycles. The van der Waals surface area contributed by atoms with Crippen LogP contribution in [0.25, 0.3) is 0 Å². The maximum Gasteiger partial charge on any atom is 0.0587 e. The van der Waals surface area contributed by atoms with E-state index in [0.717, 1.165) is 6.54 Å². The Hall–Kier alpha value is -0.810. The molecule has 0 fully saturated rings. The molecule has 0 atom stereocenters. The molecule has 0 rings (SSSR count). The normalized spacial score (nSPS) is 10.3.